The number of aryl methyl sites for hydroxylation is 2. The Balaban J connectivity index is 1.62. The molecule has 0 unspecified atom stereocenters. The first-order valence-electron chi connectivity index (χ1n) is 8.86. The summed E-state index contributed by atoms with van der Waals surface area (Å²) in [5, 5.41) is 0.556. The third-order valence-electron chi connectivity index (χ3n) is 4.53. The molecule has 2 aromatic carbocycles. The van der Waals surface area contributed by atoms with Gasteiger partial charge in [0.05, 0.1) is 17.4 Å². The second-order valence-corrected chi connectivity index (χ2v) is 6.45. The lowest BCUT2D eigenvalue weighted by atomic mass is 10.1. The molecule has 1 N–H and O–H groups in total. The van der Waals surface area contributed by atoms with Gasteiger partial charge in [-0.2, -0.15) is 0 Å². The van der Waals surface area contributed by atoms with E-state index >= 15 is 0 Å². The molecule has 0 atom stereocenters. The molecule has 0 aliphatic carbocycles. The molecule has 134 valence electrons. The van der Waals surface area contributed by atoms with Crippen LogP contribution < -0.4 is 5.56 Å². The highest BCUT2D eigenvalue weighted by atomic mass is 16.2. The number of amides is 1. The van der Waals surface area contributed by atoms with E-state index in [0.717, 1.165) is 12.0 Å². The minimum absolute atomic E-state index is 0.0281. The summed E-state index contributed by atoms with van der Waals surface area (Å²) in [7, 11) is 1.73. The van der Waals surface area contributed by atoms with Gasteiger partial charge in [-0.1, -0.05) is 43.3 Å². The third-order valence-corrected chi connectivity index (χ3v) is 4.53. The van der Waals surface area contributed by atoms with Crippen molar-refractivity contribution in [3.63, 3.8) is 0 Å². The largest absolute Gasteiger partial charge is 0.338 e. The van der Waals surface area contributed by atoms with Gasteiger partial charge in [0.2, 0.25) is 5.91 Å². The van der Waals surface area contributed by atoms with Crippen molar-refractivity contribution in [2.75, 3.05) is 7.05 Å². The highest BCUT2D eigenvalue weighted by Gasteiger charge is 2.12. The van der Waals surface area contributed by atoms with Crippen LogP contribution in [-0.2, 0) is 24.2 Å². The molecule has 0 fully saturated rings. The number of nitrogens with zero attached hydrogens (tertiary/aromatic N) is 2. The van der Waals surface area contributed by atoms with Gasteiger partial charge in [-0.25, -0.2) is 4.98 Å². The van der Waals surface area contributed by atoms with Crippen LogP contribution in [0.1, 0.15) is 30.3 Å². The molecule has 3 rings (SSSR count). The van der Waals surface area contributed by atoms with E-state index in [4.69, 9.17) is 0 Å². The number of aromatic nitrogens is 2. The Morgan fingerprint density at radius 1 is 1.08 bits per heavy atom. The predicted octanol–water partition coefficient (Wildman–Crippen LogP) is 3.08. The summed E-state index contributed by atoms with van der Waals surface area (Å²) in [5.74, 6) is 0.525. The first kappa shape index (κ1) is 17.9. The number of aromatic amines is 1. The molecule has 1 amide bonds. The average molecular weight is 349 g/mol. The van der Waals surface area contributed by atoms with Crippen LogP contribution in [0, 0.1) is 0 Å². The number of carbonyl (C=O) groups is 1. The van der Waals surface area contributed by atoms with Gasteiger partial charge < -0.3 is 9.88 Å². The van der Waals surface area contributed by atoms with Crippen molar-refractivity contribution < 1.29 is 4.79 Å². The number of carbonyl (C=O) groups excluding carboxylic acids is 1. The van der Waals surface area contributed by atoms with Gasteiger partial charge >= 0.3 is 0 Å². The molecule has 0 saturated carbocycles. The van der Waals surface area contributed by atoms with Gasteiger partial charge in [0.1, 0.15) is 5.82 Å². The Bertz CT molecular complexity index is 961. The molecule has 1 heterocycles. The zero-order valence-electron chi connectivity index (χ0n) is 15.2. The molecular formula is C21H23N3O2. The standard InChI is InChI=1S/C21H23N3O2/c1-3-15-8-10-16(11-9-15)12-13-20(25)24(2)14-19-22-18-7-5-4-6-17(18)21(26)23-19/h4-11H,3,12-14H2,1-2H3,(H,22,23,26). The third kappa shape index (κ3) is 4.17. The lowest BCUT2D eigenvalue weighted by molar-refractivity contribution is -0.130. The zero-order valence-corrected chi connectivity index (χ0v) is 15.2. The predicted molar refractivity (Wildman–Crippen MR) is 103 cm³/mol. The van der Waals surface area contributed by atoms with E-state index in [-0.39, 0.29) is 18.0 Å². The van der Waals surface area contributed by atoms with Crippen LogP contribution in [0.25, 0.3) is 10.9 Å². The fourth-order valence-corrected chi connectivity index (χ4v) is 2.91. The van der Waals surface area contributed by atoms with Gasteiger partial charge in [-0.15, -0.1) is 0 Å². The number of hydrogen-bond acceptors (Lipinski definition) is 3. The average Bonchev–Trinajstić information content (AvgIpc) is 2.66. The second-order valence-electron chi connectivity index (χ2n) is 6.45. The second kappa shape index (κ2) is 7.95. The maximum absolute atomic E-state index is 12.4. The molecule has 1 aromatic heterocycles. The van der Waals surface area contributed by atoms with Gasteiger partial charge in [-0.3, -0.25) is 9.59 Å². The van der Waals surface area contributed by atoms with E-state index in [9.17, 15) is 9.59 Å². The molecule has 3 aromatic rings. The number of fused-ring (bicyclic) bond motifs is 1. The van der Waals surface area contributed by atoms with Crippen molar-refractivity contribution in [2.45, 2.75) is 32.7 Å². The highest BCUT2D eigenvalue weighted by molar-refractivity contribution is 5.78. The van der Waals surface area contributed by atoms with Crippen LogP contribution in [0.2, 0.25) is 0 Å². The lowest BCUT2D eigenvalue weighted by Gasteiger charge is -2.16. The van der Waals surface area contributed by atoms with Crippen molar-refractivity contribution in [3.05, 3.63) is 75.8 Å². The van der Waals surface area contributed by atoms with Crippen LogP contribution >= 0.6 is 0 Å². The van der Waals surface area contributed by atoms with Crippen molar-refractivity contribution in [1.29, 1.82) is 0 Å². The number of nitrogens with one attached hydrogen (secondary N) is 1. The van der Waals surface area contributed by atoms with E-state index in [1.165, 1.54) is 5.56 Å². The first-order valence-corrected chi connectivity index (χ1v) is 8.86. The Hall–Kier alpha value is -2.95. The normalized spacial score (nSPS) is 10.8. The van der Waals surface area contributed by atoms with E-state index in [2.05, 4.69) is 41.2 Å². The molecule has 0 radical (unpaired) electrons. The first-order chi connectivity index (χ1) is 12.6. The molecule has 0 aliphatic rings. The molecule has 0 saturated heterocycles. The molecule has 0 aliphatic heterocycles. The van der Waals surface area contributed by atoms with E-state index < -0.39 is 0 Å². The number of H-pyrrole nitrogens is 1. The molecule has 26 heavy (non-hydrogen) atoms. The van der Waals surface area contributed by atoms with Crippen molar-refractivity contribution >= 4 is 16.8 Å². The summed E-state index contributed by atoms with van der Waals surface area (Å²) in [6.07, 6.45) is 2.15. The monoisotopic (exact) mass is 349 g/mol. The molecule has 0 spiro atoms. The minimum atomic E-state index is -0.178. The number of hydrogen-bond donors (Lipinski definition) is 1. The fraction of sp³-hybridized carbons (Fsp3) is 0.286. The molecule has 0 bridgehead atoms. The summed E-state index contributed by atoms with van der Waals surface area (Å²) >= 11 is 0. The van der Waals surface area contributed by atoms with Gasteiger partial charge in [-0.05, 0) is 36.1 Å². The van der Waals surface area contributed by atoms with Gasteiger partial charge in [0.15, 0.2) is 0 Å². The van der Waals surface area contributed by atoms with Gasteiger partial charge in [0, 0.05) is 13.5 Å². The zero-order chi connectivity index (χ0) is 18.5. The minimum Gasteiger partial charge on any atom is -0.338 e. The number of para-hydroxylation sites is 1. The molecule has 5 heteroatoms. The summed E-state index contributed by atoms with van der Waals surface area (Å²) < 4.78 is 0. The highest BCUT2D eigenvalue weighted by Crippen LogP contribution is 2.10. The van der Waals surface area contributed by atoms with Gasteiger partial charge in [0.25, 0.3) is 5.56 Å². The van der Waals surface area contributed by atoms with Crippen molar-refractivity contribution in [1.82, 2.24) is 14.9 Å². The topological polar surface area (TPSA) is 66.1 Å². The summed E-state index contributed by atoms with van der Waals surface area (Å²) in [5.41, 5.74) is 2.91. The smallest absolute Gasteiger partial charge is 0.258 e. The summed E-state index contributed by atoms with van der Waals surface area (Å²) in [6, 6.07) is 15.6. The summed E-state index contributed by atoms with van der Waals surface area (Å²) in [6.45, 7) is 2.41. The molecule has 5 nitrogen and oxygen atoms in total. The maximum atomic E-state index is 12.4. The van der Waals surface area contributed by atoms with E-state index in [1.807, 2.05) is 12.1 Å². The van der Waals surface area contributed by atoms with Crippen LogP contribution in [-0.4, -0.2) is 27.8 Å². The SMILES string of the molecule is CCc1ccc(CCC(=O)N(C)Cc2nc3ccccc3c(=O)[nH]2)cc1. The van der Waals surface area contributed by atoms with Crippen LogP contribution in [0.15, 0.2) is 53.3 Å². The quantitative estimate of drug-likeness (QED) is 0.744. The number of rotatable bonds is 6. The van der Waals surface area contributed by atoms with Crippen LogP contribution in [0.4, 0.5) is 0 Å². The van der Waals surface area contributed by atoms with Crippen molar-refractivity contribution in [3.8, 4) is 0 Å². The summed E-state index contributed by atoms with van der Waals surface area (Å²) in [4.78, 5) is 33.3. The van der Waals surface area contributed by atoms with Crippen molar-refractivity contribution in [2.24, 2.45) is 0 Å². The number of benzene rings is 2. The Morgan fingerprint density at radius 3 is 2.50 bits per heavy atom. The fourth-order valence-electron chi connectivity index (χ4n) is 2.91. The van der Waals surface area contributed by atoms with E-state index in [1.54, 1.807) is 24.1 Å². The molecular weight excluding hydrogens is 326 g/mol. The Labute approximate surface area is 152 Å². The Morgan fingerprint density at radius 2 is 1.77 bits per heavy atom. The van der Waals surface area contributed by atoms with Crippen LogP contribution in [0.5, 0.6) is 0 Å². The lowest BCUT2D eigenvalue weighted by Crippen LogP contribution is -2.28. The van der Waals surface area contributed by atoms with E-state index in [0.29, 0.717) is 29.6 Å². The van der Waals surface area contributed by atoms with Crippen LogP contribution in [0.3, 0.4) is 0 Å². The maximum Gasteiger partial charge on any atom is 0.258 e. The Kier molecular flexibility index (Phi) is 5.46.